The third-order valence-corrected chi connectivity index (χ3v) is 2.16. The number of hydrogen-bond acceptors (Lipinski definition) is 3. The maximum atomic E-state index is 11.3. The summed E-state index contributed by atoms with van der Waals surface area (Å²) in [4.78, 5) is 11.3. The molecule has 0 saturated carbocycles. The molecule has 0 rings (SSSR count). The Morgan fingerprint density at radius 3 is 2.29 bits per heavy atom. The first-order valence-corrected chi connectivity index (χ1v) is 5.37. The SMILES string of the molecule is CC(C)CCCOC(=O)C(N)C(C)C. The molecule has 0 spiro atoms. The van der Waals surface area contributed by atoms with Gasteiger partial charge in [0.2, 0.25) is 0 Å². The van der Waals surface area contributed by atoms with Gasteiger partial charge in [-0.2, -0.15) is 0 Å². The van der Waals surface area contributed by atoms with E-state index in [0.29, 0.717) is 12.5 Å². The summed E-state index contributed by atoms with van der Waals surface area (Å²) in [6, 6.07) is -0.478. The van der Waals surface area contributed by atoms with Crippen LogP contribution < -0.4 is 5.73 Å². The Kier molecular flexibility index (Phi) is 6.54. The summed E-state index contributed by atoms with van der Waals surface area (Å²) in [6.07, 6.45) is 2.01. The van der Waals surface area contributed by atoms with E-state index in [1.54, 1.807) is 0 Å². The highest BCUT2D eigenvalue weighted by atomic mass is 16.5. The molecule has 3 heteroatoms. The van der Waals surface area contributed by atoms with Crippen molar-refractivity contribution in [2.75, 3.05) is 6.61 Å². The highest BCUT2D eigenvalue weighted by molar-refractivity contribution is 5.75. The number of ether oxygens (including phenoxy) is 1. The first-order valence-electron chi connectivity index (χ1n) is 5.37. The van der Waals surface area contributed by atoms with E-state index in [-0.39, 0.29) is 11.9 Å². The molecule has 0 amide bonds. The Morgan fingerprint density at radius 1 is 1.29 bits per heavy atom. The van der Waals surface area contributed by atoms with Crippen LogP contribution in [-0.2, 0) is 9.53 Å². The quantitative estimate of drug-likeness (QED) is 0.528. The summed E-state index contributed by atoms with van der Waals surface area (Å²) in [5.41, 5.74) is 5.63. The summed E-state index contributed by atoms with van der Waals surface area (Å²) in [6.45, 7) is 8.64. The lowest BCUT2D eigenvalue weighted by Crippen LogP contribution is -2.37. The lowest BCUT2D eigenvalue weighted by molar-refractivity contribution is -0.146. The van der Waals surface area contributed by atoms with Crippen molar-refractivity contribution in [1.29, 1.82) is 0 Å². The standard InChI is InChI=1S/C11H23NO2/c1-8(2)6-5-7-14-11(13)10(12)9(3)4/h8-10H,5-7,12H2,1-4H3. The van der Waals surface area contributed by atoms with Crippen LogP contribution in [-0.4, -0.2) is 18.6 Å². The summed E-state index contributed by atoms with van der Waals surface area (Å²) < 4.78 is 5.05. The molecule has 0 aromatic heterocycles. The third kappa shape index (κ3) is 5.97. The molecule has 0 aliphatic rings. The largest absolute Gasteiger partial charge is 0.465 e. The predicted molar refractivity (Wildman–Crippen MR) is 57.8 cm³/mol. The highest BCUT2D eigenvalue weighted by Gasteiger charge is 2.18. The molecule has 84 valence electrons. The minimum absolute atomic E-state index is 0.146. The first-order chi connectivity index (χ1) is 6.45. The van der Waals surface area contributed by atoms with Gasteiger partial charge in [-0.15, -0.1) is 0 Å². The predicted octanol–water partition coefficient (Wildman–Crippen LogP) is 1.95. The number of carbonyl (C=O) groups is 1. The average molecular weight is 201 g/mol. The number of carbonyl (C=O) groups excluding carboxylic acids is 1. The van der Waals surface area contributed by atoms with Crippen LogP contribution in [0.1, 0.15) is 40.5 Å². The summed E-state index contributed by atoms with van der Waals surface area (Å²) >= 11 is 0. The van der Waals surface area contributed by atoms with Gasteiger partial charge in [0.1, 0.15) is 6.04 Å². The second-order valence-electron chi connectivity index (χ2n) is 4.47. The first kappa shape index (κ1) is 13.4. The Labute approximate surface area is 87.0 Å². The number of nitrogens with two attached hydrogens (primary N) is 1. The molecule has 1 atom stereocenters. The van der Waals surface area contributed by atoms with E-state index in [1.165, 1.54) is 0 Å². The zero-order chi connectivity index (χ0) is 11.1. The fourth-order valence-corrected chi connectivity index (χ4v) is 1.03. The molecular weight excluding hydrogens is 178 g/mol. The van der Waals surface area contributed by atoms with Crippen LogP contribution in [0.25, 0.3) is 0 Å². The normalized spacial score (nSPS) is 13.4. The summed E-state index contributed by atoms with van der Waals surface area (Å²) in [5, 5.41) is 0. The zero-order valence-electron chi connectivity index (χ0n) is 9.75. The molecule has 0 radical (unpaired) electrons. The average Bonchev–Trinajstić information content (AvgIpc) is 2.10. The molecule has 0 aliphatic heterocycles. The molecule has 0 aliphatic carbocycles. The van der Waals surface area contributed by atoms with E-state index in [9.17, 15) is 4.79 Å². The second-order valence-corrected chi connectivity index (χ2v) is 4.47. The van der Waals surface area contributed by atoms with Gasteiger partial charge < -0.3 is 10.5 Å². The second kappa shape index (κ2) is 6.82. The minimum atomic E-state index is -0.478. The molecule has 0 saturated heterocycles. The molecule has 0 fully saturated rings. The smallest absolute Gasteiger partial charge is 0.323 e. The van der Waals surface area contributed by atoms with Gasteiger partial charge >= 0.3 is 5.97 Å². The Bertz CT molecular complexity index is 167. The Morgan fingerprint density at radius 2 is 1.86 bits per heavy atom. The van der Waals surface area contributed by atoms with Gasteiger partial charge in [0.15, 0.2) is 0 Å². The van der Waals surface area contributed by atoms with E-state index < -0.39 is 6.04 Å². The monoisotopic (exact) mass is 201 g/mol. The van der Waals surface area contributed by atoms with Crippen molar-refractivity contribution in [3.05, 3.63) is 0 Å². The van der Waals surface area contributed by atoms with Gasteiger partial charge in [-0.25, -0.2) is 0 Å². The summed E-state index contributed by atoms with van der Waals surface area (Å²) in [7, 11) is 0. The van der Waals surface area contributed by atoms with Crippen molar-refractivity contribution < 1.29 is 9.53 Å². The van der Waals surface area contributed by atoms with E-state index in [0.717, 1.165) is 12.8 Å². The number of rotatable bonds is 6. The van der Waals surface area contributed by atoms with Gasteiger partial charge in [-0.1, -0.05) is 27.7 Å². The molecule has 1 unspecified atom stereocenters. The Balaban J connectivity index is 3.54. The molecule has 0 aromatic rings. The van der Waals surface area contributed by atoms with E-state index >= 15 is 0 Å². The van der Waals surface area contributed by atoms with Gasteiger partial charge in [0.25, 0.3) is 0 Å². The van der Waals surface area contributed by atoms with Crippen molar-refractivity contribution in [3.63, 3.8) is 0 Å². The van der Waals surface area contributed by atoms with Crippen LogP contribution in [0.15, 0.2) is 0 Å². The summed E-state index contributed by atoms with van der Waals surface area (Å²) in [5.74, 6) is 0.531. The van der Waals surface area contributed by atoms with E-state index in [1.807, 2.05) is 13.8 Å². The molecular formula is C11H23NO2. The van der Waals surface area contributed by atoms with Crippen molar-refractivity contribution in [1.82, 2.24) is 0 Å². The zero-order valence-corrected chi connectivity index (χ0v) is 9.75. The van der Waals surface area contributed by atoms with Gasteiger partial charge in [-0.05, 0) is 24.7 Å². The third-order valence-electron chi connectivity index (χ3n) is 2.16. The number of esters is 1. The van der Waals surface area contributed by atoms with Crippen LogP contribution in [0, 0.1) is 11.8 Å². The highest BCUT2D eigenvalue weighted by Crippen LogP contribution is 2.05. The lowest BCUT2D eigenvalue weighted by Gasteiger charge is -2.14. The maximum absolute atomic E-state index is 11.3. The molecule has 0 heterocycles. The van der Waals surface area contributed by atoms with Crippen molar-refractivity contribution in [2.24, 2.45) is 17.6 Å². The van der Waals surface area contributed by atoms with Crippen LogP contribution in [0.2, 0.25) is 0 Å². The van der Waals surface area contributed by atoms with Crippen LogP contribution in [0.5, 0.6) is 0 Å². The topological polar surface area (TPSA) is 52.3 Å². The van der Waals surface area contributed by atoms with Crippen LogP contribution in [0.3, 0.4) is 0 Å². The molecule has 0 aromatic carbocycles. The minimum Gasteiger partial charge on any atom is -0.465 e. The maximum Gasteiger partial charge on any atom is 0.323 e. The van der Waals surface area contributed by atoms with Gasteiger partial charge in [0, 0.05) is 0 Å². The van der Waals surface area contributed by atoms with Crippen molar-refractivity contribution >= 4 is 5.97 Å². The fourth-order valence-electron chi connectivity index (χ4n) is 1.03. The molecule has 3 nitrogen and oxygen atoms in total. The van der Waals surface area contributed by atoms with E-state index in [4.69, 9.17) is 10.5 Å². The van der Waals surface area contributed by atoms with Crippen LogP contribution in [0.4, 0.5) is 0 Å². The van der Waals surface area contributed by atoms with Crippen LogP contribution >= 0.6 is 0 Å². The molecule has 0 bridgehead atoms. The molecule has 14 heavy (non-hydrogen) atoms. The van der Waals surface area contributed by atoms with Crippen molar-refractivity contribution in [2.45, 2.75) is 46.6 Å². The Hall–Kier alpha value is -0.570. The van der Waals surface area contributed by atoms with E-state index in [2.05, 4.69) is 13.8 Å². The number of hydrogen-bond donors (Lipinski definition) is 1. The molecule has 2 N–H and O–H groups in total. The van der Waals surface area contributed by atoms with Gasteiger partial charge in [-0.3, -0.25) is 4.79 Å². The van der Waals surface area contributed by atoms with Gasteiger partial charge in [0.05, 0.1) is 6.61 Å². The lowest BCUT2D eigenvalue weighted by atomic mass is 10.1. The van der Waals surface area contributed by atoms with Crippen molar-refractivity contribution in [3.8, 4) is 0 Å². The fraction of sp³-hybridized carbons (Fsp3) is 0.909.